The minimum atomic E-state index is -4.15. The van der Waals surface area contributed by atoms with Gasteiger partial charge in [0.05, 0.1) is 27.6 Å². The molecule has 5 rings (SSSR count). The van der Waals surface area contributed by atoms with E-state index in [4.69, 9.17) is 39.5 Å². The fourth-order valence-corrected chi connectivity index (χ4v) is 8.75. The number of benzene rings is 2. The molecular formula is C32H34Cl3N5O6S. The van der Waals surface area contributed by atoms with Gasteiger partial charge in [0.25, 0.3) is 5.91 Å². The quantitative estimate of drug-likeness (QED) is 0.285. The Kier molecular flexibility index (Phi) is 10.8. The Labute approximate surface area is 288 Å². The minimum absolute atomic E-state index is 0.0173. The van der Waals surface area contributed by atoms with Gasteiger partial charge in [-0.05, 0) is 75.2 Å². The summed E-state index contributed by atoms with van der Waals surface area (Å²) in [5, 5.41) is 5.97. The molecule has 1 aromatic heterocycles. The second kappa shape index (κ2) is 14.5. The van der Waals surface area contributed by atoms with Crippen LogP contribution in [0, 0.1) is 0 Å². The molecule has 3 aromatic rings. The van der Waals surface area contributed by atoms with Gasteiger partial charge in [-0.2, -0.15) is 4.31 Å². The van der Waals surface area contributed by atoms with E-state index in [0.29, 0.717) is 11.3 Å². The van der Waals surface area contributed by atoms with Crippen molar-refractivity contribution in [3.63, 3.8) is 0 Å². The first-order chi connectivity index (χ1) is 22.3. The molecule has 2 fully saturated rings. The van der Waals surface area contributed by atoms with E-state index in [1.165, 1.54) is 35.9 Å². The van der Waals surface area contributed by atoms with Crippen LogP contribution in [0.25, 0.3) is 0 Å². The van der Waals surface area contributed by atoms with Crippen LogP contribution in [0.4, 0.5) is 5.69 Å². The molecule has 2 N–H and O–H groups in total. The zero-order valence-electron chi connectivity index (χ0n) is 25.7. The maximum absolute atomic E-state index is 14.1. The first-order valence-electron chi connectivity index (χ1n) is 14.9. The SMILES string of the molecule is COC(=O)[C@H](Cc1ccc(NC(=O)c2c(Cl)cncc2Cl)cc1)NC(=O)C1(C)C[C@@H](N2CCCC2)CN1S(=O)(=O)c1cccc(Cl)c1. The van der Waals surface area contributed by atoms with E-state index in [-0.39, 0.29) is 51.0 Å². The molecular weight excluding hydrogens is 689 g/mol. The van der Waals surface area contributed by atoms with Crippen LogP contribution in [0.5, 0.6) is 0 Å². The number of anilines is 1. The summed E-state index contributed by atoms with van der Waals surface area (Å²) < 4.78 is 34.2. The summed E-state index contributed by atoms with van der Waals surface area (Å²) in [5.41, 5.74) is -0.340. The molecule has 250 valence electrons. The van der Waals surface area contributed by atoms with Crippen LogP contribution in [0.1, 0.15) is 42.1 Å². The molecule has 2 saturated heterocycles. The lowest BCUT2D eigenvalue weighted by atomic mass is 9.95. The van der Waals surface area contributed by atoms with Gasteiger partial charge in [0, 0.05) is 42.1 Å². The molecule has 1 unspecified atom stereocenters. The van der Waals surface area contributed by atoms with Gasteiger partial charge in [-0.15, -0.1) is 0 Å². The lowest BCUT2D eigenvalue weighted by molar-refractivity contribution is -0.146. The van der Waals surface area contributed by atoms with Crippen molar-refractivity contribution in [3.8, 4) is 0 Å². The van der Waals surface area contributed by atoms with Gasteiger partial charge in [-0.1, -0.05) is 53.0 Å². The van der Waals surface area contributed by atoms with Crippen LogP contribution < -0.4 is 10.6 Å². The van der Waals surface area contributed by atoms with Gasteiger partial charge in [0.1, 0.15) is 11.6 Å². The molecule has 47 heavy (non-hydrogen) atoms. The van der Waals surface area contributed by atoms with Crippen LogP contribution in [0.3, 0.4) is 0 Å². The van der Waals surface area contributed by atoms with E-state index in [2.05, 4.69) is 20.5 Å². The number of carbonyl (C=O) groups excluding carboxylic acids is 3. The van der Waals surface area contributed by atoms with Crippen molar-refractivity contribution in [1.29, 1.82) is 0 Å². The second-order valence-electron chi connectivity index (χ2n) is 11.8. The predicted octanol–water partition coefficient (Wildman–Crippen LogP) is 4.81. The number of amides is 2. The topological polar surface area (TPSA) is 138 Å². The van der Waals surface area contributed by atoms with Crippen LogP contribution in [0.2, 0.25) is 15.1 Å². The number of halogens is 3. The third kappa shape index (κ3) is 7.58. The Morgan fingerprint density at radius 3 is 2.32 bits per heavy atom. The number of esters is 1. The van der Waals surface area contributed by atoms with E-state index in [0.717, 1.165) is 25.9 Å². The first kappa shape index (κ1) is 35.1. The van der Waals surface area contributed by atoms with Crippen LogP contribution in [-0.4, -0.2) is 84.8 Å². The van der Waals surface area contributed by atoms with E-state index in [1.54, 1.807) is 43.3 Å². The number of hydrogen-bond acceptors (Lipinski definition) is 8. The Balaban J connectivity index is 1.35. The van der Waals surface area contributed by atoms with E-state index in [9.17, 15) is 22.8 Å². The first-order valence-corrected chi connectivity index (χ1v) is 17.5. The van der Waals surface area contributed by atoms with Crippen molar-refractivity contribution in [2.24, 2.45) is 0 Å². The monoisotopic (exact) mass is 721 g/mol. The number of methoxy groups -OCH3 is 1. The zero-order valence-corrected chi connectivity index (χ0v) is 28.8. The predicted molar refractivity (Wildman–Crippen MR) is 179 cm³/mol. The number of pyridine rings is 1. The van der Waals surface area contributed by atoms with Crippen LogP contribution in [-0.2, 0) is 30.8 Å². The smallest absolute Gasteiger partial charge is 0.328 e. The number of rotatable bonds is 10. The average molecular weight is 723 g/mol. The lowest BCUT2D eigenvalue weighted by Gasteiger charge is -2.34. The van der Waals surface area contributed by atoms with Crippen molar-refractivity contribution >= 4 is 68.3 Å². The number of likely N-dealkylation sites (tertiary alicyclic amines) is 1. The molecule has 0 aliphatic carbocycles. The fourth-order valence-electron chi connectivity index (χ4n) is 6.12. The van der Waals surface area contributed by atoms with Gasteiger partial charge in [-0.3, -0.25) is 19.5 Å². The molecule has 3 atom stereocenters. The standard InChI is InChI=1S/C32H34Cl3N5O6S/c1-32(16-23(39-12-3-4-13-39)19-40(32)47(44,45)24-7-5-6-21(33)15-24)31(43)38-27(30(42)46-2)14-20-8-10-22(11-9-20)37-29(41)28-25(34)17-36-18-26(28)35/h5-11,15,17-18,23,27H,3-4,12-14,16,19H2,1-2H3,(H,37,41)(H,38,43)/t23-,27+,32?/m1/s1. The van der Waals surface area contributed by atoms with Crippen LogP contribution >= 0.6 is 34.8 Å². The molecule has 2 aliphatic heterocycles. The Hall–Kier alpha value is -3.26. The molecule has 0 radical (unpaired) electrons. The molecule has 11 nitrogen and oxygen atoms in total. The van der Waals surface area contributed by atoms with Gasteiger partial charge in [-0.25, -0.2) is 13.2 Å². The maximum Gasteiger partial charge on any atom is 0.328 e. The van der Waals surface area contributed by atoms with Crippen molar-refractivity contribution in [2.45, 2.75) is 55.1 Å². The number of nitrogens with zero attached hydrogens (tertiary/aromatic N) is 3. The number of nitrogens with one attached hydrogen (secondary N) is 2. The highest BCUT2D eigenvalue weighted by Crippen LogP contribution is 2.38. The highest BCUT2D eigenvalue weighted by Gasteiger charge is 2.55. The van der Waals surface area contributed by atoms with Crippen LogP contribution in [0.15, 0.2) is 65.8 Å². The summed E-state index contributed by atoms with van der Waals surface area (Å²) in [4.78, 5) is 45.9. The third-order valence-electron chi connectivity index (χ3n) is 8.61. The minimum Gasteiger partial charge on any atom is -0.467 e. The largest absolute Gasteiger partial charge is 0.467 e. The lowest BCUT2D eigenvalue weighted by Crippen LogP contribution is -2.58. The average Bonchev–Trinajstić information content (AvgIpc) is 3.70. The number of ether oxygens (including phenoxy) is 1. The molecule has 2 aromatic carbocycles. The van der Waals surface area contributed by atoms with Crippen molar-refractivity contribution in [2.75, 3.05) is 32.1 Å². The van der Waals surface area contributed by atoms with Gasteiger partial charge in [0.15, 0.2) is 0 Å². The second-order valence-corrected chi connectivity index (χ2v) is 14.9. The molecule has 2 aliphatic rings. The zero-order chi connectivity index (χ0) is 33.9. The summed E-state index contributed by atoms with van der Waals surface area (Å²) in [6, 6.07) is 11.3. The van der Waals surface area contributed by atoms with E-state index in [1.807, 2.05) is 0 Å². The Morgan fingerprint density at radius 1 is 1.04 bits per heavy atom. The Morgan fingerprint density at radius 2 is 1.70 bits per heavy atom. The number of sulfonamides is 1. The molecule has 15 heteroatoms. The van der Waals surface area contributed by atoms with Gasteiger partial charge < -0.3 is 15.4 Å². The van der Waals surface area contributed by atoms with E-state index >= 15 is 0 Å². The van der Waals surface area contributed by atoms with Crippen molar-refractivity contribution in [3.05, 3.63) is 87.1 Å². The molecule has 0 bridgehead atoms. The Bertz CT molecular complexity index is 1750. The fraction of sp³-hybridized carbons (Fsp3) is 0.375. The molecule has 3 heterocycles. The maximum atomic E-state index is 14.1. The summed E-state index contributed by atoms with van der Waals surface area (Å²) in [5.74, 6) is -1.83. The van der Waals surface area contributed by atoms with Crippen molar-refractivity contribution in [1.82, 2.24) is 19.5 Å². The highest BCUT2D eigenvalue weighted by molar-refractivity contribution is 7.89. The number of hydrogen-bond donors (Lipinski definition) is 2. The molecule has 0 saturated carbocycles. The highest BCUT2D eigenvalue weighted by atomic mass is 35.5. The van der Waals surface area contributed by atoms with Gasteiger partial charge in [0.2, 0.25) is 15.9 Å². The summed E-state index contributed by atoms with van der Waals surface area (Å²) >= 11 is 18.3. The summed E-state index contributed by atoms with van der Waals surface area (Å²) in [6.07, 6.45) is 4.92. The molecule has 0 spiro atoms. The third-order valence-corrected chi connectivity index (χ3v) is 11.4. The van der Waals surface area contributed by atoms with Crippen molar-refractivity contribution < 1.29 is 27.5 Å². The normalized spacial score (nSPS) is 20.9. The summed E-state index contributed by atoms with van der Waals surface area (Å²) in [6.45, 7) is 3.34. The number of aromatic nitrogens is 1. The van der Waals surface area contributed by atoms with Gasteiger partial charge >= 0.3 is 5.97 Å². The van der Waals surface area contributed by atoms with E-state index < -0.39 is 39.4 Å². The number of carbonyl (C=O) groups is 3. The molecule has 2 amide bonds. The summed E-state index contributed by atoms with van der Waals surface area (Å²) in [7, 11) is -2.93.